The Morgan fingerprint density at radius 1 is 1.00 bits per heavy atom. The Kier molecular flexibility index (Phi) is 13.8. The Hall–Kier alpha value is -1.60. The van der Waals surface area contributed by atoms with Crippen LogP contribution in [-0.2, 0) is 39.3 Å². The summed E-state index contributed by atoms with van der Waals surface area (Å²) in [4.78, 5) is 10.8. The van der Waals surface area contributed by atoms with Crippen LogP contribution in [-0.4, -0.2) is 95.3 Å². The highest BCUT2D eigenvalue weighted by Crippen LogP contribution is 2.36. The number of ether oxygens (including phenoxy) is 6. The molecule has 0 bridgehead atoms. The highest BCUT2D eigenvalue weighted by molar-refractivity contribution is 7.84. The highest BCUT2D eigenvalue weighted by Gasteiger charge is 2.45. The van der Waals surface area contributed by atoms with Crippen molar-refractivity contribution < 1.29 is 47.6 Å². The normalized spacial score (nSPS) is 30.1. The number of hydrogen-bond acceptors (Lipinski definition) is 9. The number of aliphatic carboxylic acids is 1. The van der Waals surface area contributed by atoms with Gasteiger partial charge in [0.1, 0.15) is 18.5 Å². The van der Waals surface area contributed by atoms with Crippen molar-refractivity contribution >= 4 is 16.8 Å². The number of rotatable bonds is 17. The molecule has 8 atom stereocenters. The van der Waals surface area contributed by atoms with Crippen LogP contribution in [0, 0.1) is 5.92 Å². The van der Waals surface area contributed by atoms with E-state index in [1.807, 2.05) is 30.3 Å². The monoisotopic (exact) mass is 598 g/mol. The van der Waals surface area contributed by atoms with Gasteiger partial charge >= 0.3 is 5.97 Å². The van der Waals surface area contributed by atoms with Gasteiger partial charge < -0.3 is 38.6 Å². The van der Waals surface area contributed by atoms with Gasteiger partial charge in [-0.05, 0) is 63.5 Å². The van der Waals surface area contributed by atoms with Crippen molar-refractivity contribution in [1.29, 1.82) is 0 Å². The predicted molar refractivity (Wildman–Crippen MR) is 152 cm³/mol. The van der Waals surface area contributed by atoms with Gasteiger partial charge in [0, 0.05) is 54.3 Å². The number of hydrogen-bond donors (Lipinski definition) is 2. The Labute approximate surface area is 245 Å². The molecule has 3 fully saturated rings. The number of carboxylic acid groups (broad SMARTS) is 1. The van der Waals surface area contributed by atoms with Gasteiger partial charge in [-0.1, -0.05) is 18.2 Å². The van der Waals surface area contributed by atoms with E-state index in [2.05, 4.69) is 0 Å². The molecule has 0 aromatic heterocycles. The maximum absolute atomic E-state index is 12.6. The minimum Gasteiger partial charge on any atom is -0.491 e. The van der Waals surface area contributed by atoms with E-state index in [1.54, 1.807) is 0 Å². The van der Waals surface area contributed by atoms with Crippen LogP contribution in [0.3, 0.4) is 0 Å². The molecular weight excluding hydrogens is 552 g/mol. The zero-order valence-corrected chi connectivity index (χ0v) is 24.6. The Morgan fingerprint density at radius 3 is 2.41 bits per heavy atom. The summed E-state index contributed by atoms with van der Waals surface area (Å²) < 4.78 is 49.4. The zero-order valence-electron chi connectivity index (χ0n) is 23.8. The van der Waals surface area contributed by atoms with Gasteiger partial charge in [0.15, 0.2) is 12.6 Å². The molecule has 1 aromatic rings. The second kappa shape index (κ2) is 17.5. The average Bonchev–Trinajstić information content (AvgIpc) is 3.27. The molecule has 4 rings (SSSR count). The lowest BCUT2D eigenvalue weighted by Gasteiger charge is -2.32. The SMILES string of the molecule is O=C(O)CCCS(=O)CCC1C(O)CC(OC2CCCCO2)C1OCC(COc1ccccc1)OC1CCCCO1. The van der Waals surface area contributed by atoms with E-state index < -0.39 is 35.1 Å². The first kappa shape index (κ1) is 32.3. The Bertz CT molecular complexity index is 906. The van der Waals surface area contributed by atoms with E-state index in [0.29, 0.717) is 44.0 Å². The second-order valence-electron chi connectivity index (χ2n) is 11.0. The smallest absolute Gasteiger partial charge is 0.303 e. The molecule has 41 heavy (non-hydrogen) atoms. The fourth-order valence-corrected chi connectivity index (χ4v) is 6.82. The van der Waals surface area contributed by atoms with E-state index in [4.69, 9.17) is 33.5 Å². The summed E-state index contributed by atoms with van der Waals surface area (Å²) in [7, 11) is -1.18. The molecule has 8 unspecified atom stereocenters. The summed E-state index contributed by atoms with van der Waals surface area (Å²) in [6.07, 6.45) is 4.39. The van der Waals surface area contributed by atoms with Gasteiger partial charge in [0.2, 0.25) is 0 Å². The first-order chi connectivity index (χ1) is 20.0. The van der Waals surface area contributed by atoms with Crippen LogP contribution >= 0.6 is 0 Å². The van der Waals surface area contributed by atoms with Crippen molar-refractivity contribution in [3.8, 4) is 5.75 Å². The molecule has 0 amide bonds. The molecule has 232 valence electrons. The van der Waals surface area contributed by atoms with E-state index >= 15 is 0 Å². The van der Waals surface area contributed by atoms with E-state index in [0.717, 1.165) is 44.3 Å². The highest BCUT2D eigenvalue weighted by atomic mass is 32.2. The molecule has 0 spiro atoms. The quantitative estimate of drug-likeness (QED) is 0.274. The van der Waals surface area contributed by atoms with Crippen LogP contribution in [0.4, 0.5) is 0 Å². The van der Waals surface area contributed by atoms with Crippen molar-refractivity contribution in [1.82, 2.24) is 0 Å². The van der Waals surface area contributed by atoms with Gasteiger partial charge in [0.05, 0.1) is 24.9 Å². The lowest BCUT2D eigenvalue weighted by Crippen LogP contribution is -2.41. The summed E-state index contributed by atoms with van der Waals surface area (Å²) in [5, 5.41) is 19.9. The molecule has 10 nitrogen and oxygen atoms in total. The Morgan fingerprint density at radius 2 is 1.73 bits per heavy atom. The minimum atomic E-state index is -1.18. The molecule has 2 heterocycles. The fraction of sp³-hybridized carbons (Fsp3) is 0.767. The van der Waals surface area contributed by atoms with Crippen LogP contribution in [0.2, 0.25) is 0 Å². The molecule has 0 radical (unpaired) electrons. The predicted octanol–water partition coefficient (Wildman–Crippen LogP) is 3.66. The average molecular weight is 599 g/mol. The largest absolute Gasteiger partial charge is 0.491 e. The van der Waals surface area contributed by atoms with Gasteiger partial charge in [-0.25, -0.2) is 0 Å². The number of carboxylic acids is 1. The number of aliphatic hydroxyl groups is 1. The van der Waals surface area contributed by atoms with Crippen LogP contribution in [0.15, 0.2) is 30.3 Å². The van der Waals surface area contributed by atoms with Gasteiger partial charge in [-0.3, -0.25) is 9.00 Å². The molecule has 2 N–H and O–H groups in total. The van der Waals surface area contributed by atoms with E-state index in [1.165, 1.54) is 0 Å². The standard InChI is InChI=1S/C30H46O10S/c31-25-19-26(40-29-13-5-7-16-36-29)30(24(25)14-18-41(34)17-8-11-27(32)33)38-21-23(39-28-12-4-6-15-35-28)20-37-22-9-2-1-3-10-22/h1-3,9-10,23-26,28-31H,4-8,11-21H2,(H,32,33). The lowest BCUT2D eigenvalue weighted by atomic mass is 10.00. The summed E-state index contributed by atoms with van der Waals surface area (Å²) in [5.74, 6) is 0.249. The molecule has 3 aliphatic rings. The molecule has 2 saturated heterocycles. The van der Waals surface area contributed by atoms with Crippen molar-refractivity contribution in [3.63, 3.8) is 0 Å². The summed E-state index contributed by atoms with van der Waals surface area (Å²) >= 11 is 0. The number of carbonyl (C=O) groups is 1. The van der Waals surface area contributed by atoms with Crippen molar-refractivity contribution in [2.45, 2.75) is 101 Å². The zero-order chi connectivity index (χ0) is 28.9. The molecule has 11 heteroatoms. The van der Waals surface area contributed by atoms with Crippen molar-refractivity contribution in [2.75, 3.05) is 37.9 Å². The minimum absolute atomic E-state index is 0.00200. The summed E-state index contributed by atoms with van der Waals surface area (Å²) in [6, 6.07) is 9.54. The van der Waals surface area contributed by atoms with Crippen LogP contribution in [0.25, 0.3) is 0 Å². The van der Waals surface area contributed by atoms with Gasteiger partial charge in [0.25, 0.3) is 0 Å². The third-order valence-corrected chi connectivity index (χ3v) is 9.23. The number of benzene rings is 1. The summed E-state index contributed by atoms with van der Waals surface area (Å²) in [5.41, 5.74) is 0. The van der Waals surface area contributed by atoms with E-state index in [9.17, 15) is 14.1 Å². The Balaban J connectivity index is 1.39. The lowest BCUT2D eigenvalue weighted by molar-refractivity contribution is -0.226. The third-order valence-electron chi connectivity index (χ3n) is 7.80. The number of para-hydroxylation sites is 1. The maximum atomic E-state index is 12.6. The first-order valence-corrected chi connectivity index (χ1v) is 16.5. The third kappa shape index (κ3) is 11.2. The molecule has 2 aliphatic heterocycles. The molecular formula is C30H46O10S. The van der Waals surface area contributed by atoms with Crippen LogP contribution in [0.5, 0.6) is 5.75 Å². The summed E-state index contributed by atoms with van der Waals surface area (Å²) in [6.45, 7) is 1.80. The maximum Gasteiger partial charge on any atom is 0.303 e. The fourth-order valence-electron chi connectivity index (χ4n) is 5.61. The van der Waals surface area contributed by atoms with Crippen LogP contribution in [0.1, 0.15) is 64.2 Å². The van der Waals surface area contributed by atoms with Crippen molar-refractivity contribution in [2.24, 2.45) is 5.92 Å². The van der Waals surface area contributed by atoms with Gasteiger partial charge in [-0.2, -0.15) is 0 Å². The molecule has 1 aliphatic carbocycles. The molecule has 1 saturated carbocycles. The number of aliphatic hydroxyl groups excluding tert-OH is 1. The van der Waals surface area contributed by atoms with Crippen molar-refractivity contribution in [3.05, 3.63) is 30.3 Å². The van der Waals surface area contributed by atoms with Gasteiger partial charge in [-0.15, -0.1) is 0 Å². The second-order valence-corrected chi connectivity index (χ2v) is 12.7. The topological polar surface area (TPSA) is 130 Å². The molecule has 1 aromatic carbocycles. The van der Waals surface area contributed by atoms with E-state index in [-0.39, 0.29) is 44.2 Å². The van der Waals surface area contributed by atoms with Crippen LogP contribution < -0.4 is 4.74 Å². The first-order valence-electron chi connectivity index (χ1n) is 15.1.